The van der Waals surface area contributed by atoms with Crippen LogP contribution >= 0.6 is 23.2 Å². The average Bonchev–Trinajstić information content (AvgIpc) is 2.56. The van der Waals surface area contributed by atoms with Gasteiger partial charge in [0.2, 0.25) is 0 Å². The molecule has 1 heterocycles. The molecule has 0 amide bonds. The van der Waals surface area contributed by atoms with Crippen molar-refractivity contribution in [1.82, 2.24) is 9.55 Å². The lowest BCUT2D eigenvalue weighted by molar-refractivity contribution is 0.127. The van der Waals surface area contributed by atoms with Crippen molar-refractivity contribution in [2.45, 2.75) is 25.3 Å². The minimum absolute atomic E-state index is 0.427. The van der Waals surface area contributed by atoms with Gasteiger partial charge in [0.25, 0.3) is 6.43 Å². The number of rotatable bonds is 3. The van der Waals surface area contributed by atoms with Crippen molar-refractivity contribution in [3.05, 3.63) is 29.0 Å². The summed E-state index contributed by atoms with van der Waals surface area (Å²) >= 11 is 11.8. The third kappa shape index (κ3) is 2.53. The summed E-state index contributed by atoms with van der Waals surface area (Å²) in [5, 5.41) is 0.0571. The maximum atomic E-state index is 12.5. The summed E-state index contributed by atoms with van der Waals surface area (Å²) in [7, 11) is 0. The van der Waals surface area contributed by atoms with Gasteiger partial charge in [-0.05, 0) is 25.1 Å². The first kappa shape index (κ1) is 12.6. The van der Waals surface area contributed by atoms with Gasteiger partial charge in [-0.2, -0.15) is 0 Å². The molecule has 2 rings (SSSR count). The molecule has 0 aliphatic carbocycles. The minimum atomic E-state index is -2.46. The van der Waals surface area contributed by atoms with Crippen LogP contribution < -0.4 is 0 Å². The first-order valence-corrected chi connectivity index (χ1v) is 5.88. The summed E-state index contributed by atoms with van der Waals surface area (Å²) in [6, 6.07) is 4.99. The first-order chi connectivity index (χ1) is 7.99. The van der Waals surface area contributed by atoms with Crippen molar-refractivity contribution in [3.63, 3.8) is 0 Å². The summed E-state index contributed by atoms with van der Waals surface area (Å²) in [5.74, 6) is 0.434. The third-order valence-corrected chi connectivity index (χ3v) is 2.85. The second kappa shape index (κ2) is 4.78. The van der Waals surface area contributed by atoms with Crippen LogP contribution in [0.3, 0.4) is 0 Å². The van der Waals surface area contributed by atoms with E-state index in [4.69, 9.17) is 23.2 Å². The highest BCUT2D eigenvalue weighted by Crippen LogP contribution is 2.27. The van der Waals surface area contributed by atoms with Crippen molar-refractivity contribution in [3.8, 4) is 0 Å². The highest BCUT2D eigenvalue weighted by atomic mass is 35.5. The van der Waals surface area contributed by atoms with Crippen molar-refractivity contribution in [1.29, 1.82) is 0 Å². The Balaban J connectivity index is 2.64. The van der Waals surface area contributed by atoms with Gasteiger partial charge in [-0.25, -0.2) is 13.8 Å². The molecule has 0 spiro atoms. The Morgan fingerprint density at radius 1 is 1.41 bits per heavy atom. The number of nitrogens with zero attached hydrogens (tertiary/aromatic N) is 2. The van der Waals surface area contributed by atoms with Crippen LogP contribution in [0.2, 0.25) is 5.02 Å². The fourth-order valence-electron chi connectivity index (χ4n) is 1.75. The Bertz CT molecular complexity index is 537. The van der Waals surface area contributed by atoms with E-state index in [-0.39, 0.29) is 0 Å². The Morgan fingerprint density at radius 2 is 2.12 bits per heavy atom. The van der Waals surface area contributed by atoms with E-state index in [1.165, 1.54) is 4.57 Å². The van der Waals surface area contributed by atoms with E-state index in [2.05, 4.69) is 4.98 Å². The number of aromatic nitrogens is 2. The Kier molecular flexibility index (Phi) is 3.54. The monoisotopic (exact) mass is 278 g/mol. The number of hydrogen-bond donors (Lipinski definition) is 0. The van der Waals surface area contributed by atoms with Gasteiger partial charge >= 0.3 is 0 Å². The highest BCUT2D eigenvalue weighted by Gasteiger charge is 2.17. The molecule has 1 aromatic carbocycles. The maximum absolute atomic E-state index is 12.5. The molecule has 2 aromatic rings. The first-order valence-electron chi connectivity index (χ1n) is 5.07. The smallest absolute Gasteiger partial charge is 0.256 e. The molecule has 17 heavy (non-hydrogen) atoms. The molecule has 0 N–H and O–H groups in total. The van der Waals surface area contributed by atoms with Gasteiger partial charge in [0, 0.05) is 5.02 Å². The molecule has 0 aliphatic heterocycles. The molecule has 1 atom stereocenters. The van der Waals surface area contributed by atoms with Crippen LogP contribution in [0.15, 0.2) is 18.2 Å². The fourth-order valence-corrected chi connectivity index (χ4v) is 2.08. The number of hydrogen-bond acceptors (Lipinski definition) is 1. The quantitative estimate of drug-likeness (QED) is 0.768. The van der Waals surface area contributed by atoms with E-state index >= 15 is 0 Å². The van der Waals surface area contributed by atoms with Crippen molar-refractivity contribution >= 4 is 34.2 Å². The molecule has 0 aliphatic rings. The zero-order chi connectivity index (χ0) is 12.6. The summed E-state index contributed by atoms with van der Waals surface area (Å²) in [4.78, 5) is 4.25. The van der Waals surface area contributed by atoms with E-state index in [1.807, 2.05) is 0 Å². The zero-order valence-electron chi connectivity index (χ0n) is 9.00. The number of imidazole rings is 1. The predicted octanol–water partition coefficient (Wildman–Crippen LogP) is 4.25. The van der Waals surface area contributed by atoms with Crippen molar-refractivity contribution in [2.24, 2.45) is 0 Å². The van der Waals surface area contributed by atoms with Crippen LogP contribution in [0.1, 0.15) is 18.1 Å². The molecule has 2 nitrogen and oxygen atoms in total. The molecule has 0 saturated carbocycles. The standard InChI is InChI=1S/C11H10Cl2F2N2/c1-6(12)11-16-8-3-2-7(13)4-9(8)17(11)5-10(14)15/h2-4,6,10H,5H2,1H3. The topological polar surface area (TPSA) is 17.8 Å². The van der Waals surface area contributed by atoms with Crippen molar-refractivity contribution < 1.29 is 8.78 Å². The van der Waals surface area contributed by atoms with E-state index in [0.717, 1.165) is 0 Å². The molecule has 92 valence electrons. The lowest BCUT2D eigenvalue weighted by Crippen LogP contribution is -2.10. The van der Waals surface area contributed by atoms with Crippen LogP contribution in [0.25, 0.3) is 11.0 Å². The molecule has 1 aromatic heterocycles. The Hall–Kier alpha value is -0.870. The number of fused-ring (bicyclic) bond motifs is 1. The SMILES string of the molecule is CC(Cl)c1nc2ccc(Cl)cc2n1CC(F)F. The normalized spacial score (nSPS) is 13.5. The van der Waals surface area contributed by atoms with E-state index < -0.39 is 18.3 Å². The zero-order valence-corrected chi connectivity index (χ0v) is 10.5. The van der Waals surface area contributed by atoms with Gasteiger partial charge in [0.05, 0.1) is 23.0 Å². The largest absolute Gasteiger partial charge is 0.321 e. The molecule has 0 saturated heterocycles. The van der Waals surface area contributed by atoms with Gasteiger partial charge in [-0.1, -0.05) is 11.6 Å². The summed E-state index contributed by atoms with van der Waals surface area (Å²) < 4.78 is 26.5. The summed E-state index contributed by atoms with van der Waals surface area (Å²) in [5.41, 5.74) is 1.21. The van der Waals surface area contributed by atoms with E-state index in [9.17, 15) is 8.78 Å². The Morgan fingerprint density at radius 3 is 2.71 bits per heavy atom. The lowest BCUT2D eigenvalue weighted by atomic mass is 10.3. The van der Waals surface area contributed by atoms with Crippen LogP contribution in [-0.2, 0) is 6.54 Å². The molecule has 0 bridgehead atoms. The third-order valence-electron chi connectivity index (χ3n) is 2.42. The van der Waals surface area contributed by atoms with Gasteiger partial charge in [0.1, 0.15) is 5.82 Å². The van der Waals surface area contributed by atoms with E-state index in [1.54, 1.807) is 25.1 Å². The summed E-state index contributed by atoms with van der Waals surface area (Å²) in [6.07, 6.45) is -2.46. The second-order valence-electron chi connectivity index (χ2n) is 3.72. The number of alkyl halides is 3. The van der Waals surface area contributed by atoms with Gasteiger partial charge in [0.15, 0.2) is 0 Å². The highest BCUT2D eigenvalue weighted by molar-refractivity contribution is 6.31. The molecule has 0 radical (unpaired) electrons. The lowest BCUT2D eigenvalue weighted by Gasteiger charge is -2.09. The Labute approximate surface area is 107 Å². The van der Waals surface area contributed by atoms with Gasteiger partial charge < -0.3 is 4.57 Å². The van der Waals surface area contributed by atoms with Crippen LogP contribution in [0.4, 0.5) is 8.78 Å². The minimum Gasteiger partial charge on any atom is -0.321 e. The predicted molar refractivity (Wildman–Crippen MR) is 65.0 cm³/mol. The molecule has 6 heteroatoms. The molecule has 0 fully saturated rings. The number of benzene rings is 1. The second-order valence-corrected chi connectivity index (χ2v) is 4.81. The van der Waals surface area contributed by atoms with Crippen LogP contribution in [0, 0.1) is 0 Å². The fraction of sp³-hybridized carbons (Fsp3) is 0.364. The molecular weight excluding hydrogens is 269 g/mol. The number of halogens is 4. The molecule has 1 unspecified atom stereocenters. The molecular formula is C11H10Cl2F2N2. The van der Waals surface area contributed by atoms with Crippen LogP contribution in [0.5, 0.6) is 0 Å². The van der Waals surface area contributed by atoms with Crippen molar-refractivity contribution in [2.75, 3.05) is 0 Å². The van der Waals surface area contributed by atoms with E-state index in [0.29, 0.717) is 21.9 Å². The average molecular weight is 279 g/mol. The van der Waals surface area contributed by atoms with Gasteiger partial charge in [-0.3, -0.25) is 0 Å². The van der Waals surface area contributed by atoms with Gasteiger partial charge in [-0.15, -0.1) is 11.6 Å². The van der Waals surface area contributed by atoms with Crippen LogP contribution in [-0.4, -0.2) is 16.0 Å². The summed E-state index contributed by atoms with van der Waals surface area (Å²) in [6.45, 7) is 1.27. The maximum Gasteiger partial charge on any atom is 0.256 e.